The van der Waals surface area contributed by atoms with Gasteiger partial charge in [0.1, 0.15) is 12.2 Å². The number of hydrogen-bond acceptors (Lipinski definition) is 3. The summed E-state index contributed by atoms with van der Waals surface area (Å²) in [6.07, 6.45) is 5.07. The van der Waals surface area contributed by atoms with Crippen molar-refractivity contribution in [2.75, 3.05) is 26.2 Å². The zero-order chi connectivity index (χ0) is 19.8. The van der Waals surface area contributed by atoms with Crippen LogP contribution >= 0.6 is 24.0 Å². The number of guanidine groups is 1. The first-order valence-corrected chi connectivity index (χ1v) is 10.7. The van der Waals surface area contributed by atoms with E-state index in [9.17, 15) is 0 Å². The summed E-state index contributed by atoms with van der Waals surface area (Å²) < 4.78 is 2.10. The summed E-state index contributed by atoms with van der Waals surface area (Å²) in [5.74, 6) is 3.37. The van der Waals surface area contributed by atoms with Crippen LogP contribution in [0.4, 0.5) is 0 Å². The Morgan fingerprint density at radius 3 is 2.69 bits per heavy atom. The van der Waals surface area contributed by atoms with Crippen molar-refractivity contribution in [2.45, 2.75) is 52.5 Å². The van der Waals surface area contributed by atoms with Gasteiger partial charge in [-0.3, -0.25) is 4.99 Å². The lowest BCUT2D eigenvalue weighted by molar-refractivity contribution is 0.215. The zero-order valence-corrected chi connectivity index (χ0v) is 20.3. The SMILES string of the molecule is CCNC(=NCCn1cnnc1CC)N1CCC(c2ccccc2)C(CC)C1.I. The molecular formula is C22H35IN6. The maximum Gasteiger partial charge on any atom is 0.193 e. The quantitative estimate of drug-likeness (QED) is 0.349. The maximum atomic E-state index is 4.91. The first-order valence-electron chi connectivity index (χ1n) is 10.7. The van der Waals surface area contributed by atoms with Crippen molar-refractivity contribution in [1.29, 1.82) is 0 Å². The van der Waals surface area contributed by atoms with Crippen LogP contribution in [-0.2, 0) is 13.0 Å². The highest BCUT2D eigenvalue weighted by atomic mass is 127. The highest BCUT2D eigenvalue weighted by Gasteiger charge is 2.30. The van der Waals surface area contributed by atoms with Crippen LogP contribution in [0.5, 0.6) is 0 Å². The standard InChI is InChI=1S/C22H34N6.HI/c1-4-18-16-27(14-12-20(18)19-10-8-7-9-11-19)22(23-6-3)24-13-15-28-17-25-26-21(28)5-2;/h7-11,17-18,20H,4-6,12-16H2,1-3H3,(H,23,24);1H. The Kier molecular flexibility index (Phi) is 9.90. The molecule has 0 amide bonds. The lowest BCUT2D eigenvalue weighted by Gasteiger charge is -2.40. The van der Waals surface area contributed by atoms with E-state index in [4.69, 9.17) is 4.99 Å². The fraction of sp³-hybridized carbons (Fsp3) is 0.591. The minimum absolute atomic E-state index is 0. The molecule has 2 heterocycles. The minimum atomic E-state index is 0. The Labute approximate surface area is 192 Å². The molecule has 3 rings (SSSR count). The minimum Gasteiger partial charge on any atom is -0.357 e. The predicted octanol–water partition coefficient (Wildman–Crippen LogP) is 3.94. The van der Waals surface area contributed by atoms with E-state index in [-0.39, 0.29) is 24.0 Å². The number of hydrogen-bond donors (Lipinski definition) is 1. The molecule has 1 aromatic carbocycles. The van der Waals surface area contributed by atoms with Gasteiger partial charge in [-0.25, -0.2) is 0 Å². The second-order valence-electron chi connectivity index (χ2n) is 7.45. The van der Waals surface area contributed by atoms with E-state index in [0.717, 1.165) is 50.9 Å². The summed E-state index contributed by atoms with van der Waals surface area (Å²) in [6.45, 7) is 11.1. The van der Waals surface area contributed by atoms with Gasteiger partial charge >= 0.3 is 0 Å². The smallest absolute Gasteiger partial charge is 0.193 e. The normalized spacial score (nSPS) is 19.7. The predicted molar refractivity (Wildman–Crippen MR) is 130 cm³/mol. The highest BCUT2D eigenvalue weighted by molar-refractivity contribution is 14.0. The molecule has 2 atom stereocenters. The summed E-state index contributed by atoms with van der Waals surface area (Å²) >= 11 is 0. The van der Waals surface area contributed by atoms with E-state index in [2.05, 4.69) is 76.1 Å². The number of rotatable bonds is 7. The summed E-state index contributed by atoms with van der Waals surface area (Å²) in [7, 11) is 0. The molecule has 29 heavy (non-hydrogen) atoms. The average molecular weight is 510 g/mol. The Morgan fingerprint density at radius 2 is 2.00 bits per heavy atom. The van der Waals surface area contributed by atoms with Crippen molar-refractivity contribution in [3.8, 4) is 0 Å². The molecule has 1 N–H and O–H groups in total. The van der Waals surface area contributed by atoms with Gasteiger partial charge in [-0.05, 0) is 30.7 Å². The van der Waals surface area contributed by atoms with E-state index >= 15 is 0 Å². The van der Waals surface area contributed by atoms with E-state index in [1.165, 1.54) is 18.4 Å². The molecule has 1 fully saturated rings. The van der Waals surface area contributed by atoms with E-state index in [0.29, 0.717) is 11.8 Å². The number of piperidine rings is 1. The highest BCUT2D eigenvalue weighted by Crippen LogP contribution is 2.34. The lowest BCUT2D eigenvalue weighted by Crippen LogP contribution is -2.48. The van der Waals surface area contributed by atoms with Crippen molar-refractivity contribution < 1.29 is 0 Å². The fourth-order valence-electron chi connectivity index (χ4n) is 4.21. The van der Waals surface area contributed by atoms with Crippen LogP contribution in [-0.4, -0.2) is 51.8 Å². The monoisotopic (exact) mass is 510 g/mol. The Hall–Kier alpha value is -1.64. The van der Waals surface area contributed by atoms with Gasteiger partial charge < -0.3 is 14.8 Å². The molecular weight excluding hydrogens is 475 g/mol. The van der Waals surface area contributed by atoms with Crippen molar-refractivity contribution in [2.24, 2.45) is 10.9 Å². The number of nitrogens with zero attached hydrogens (tertiary/aromatic N) is 5. The van der Waals surface area contributed by atoms with Crippen LogP contribution in [0, 0.1) is 5.92 Å². The van der Waals surface area contributed by atoms with Gasteiger partial charge in [0, 0.05) is 32.6 Å². The third kappa shape index (κ3) is 6.17. The third-order valence-corrected chi connectivity index (χ3v) is 5.73. The van der Waals surface area contributed by atoms with Gasteiger partial charge in [0.15, 0.2) is 5.96 Å². The Morgan fingerprint density at radius 1 is 1.21 bits per heavy atom. The van der Waals surface area contributed by atoms with Crippen LogP contribution in [0.25, 0.3) is 0 Å². The number of likely N-dealkylation sites (tertiary alicyclic amines) is 1. The second-order valence-corrected chi connectivity index (χ2v) is 7.45. The van der Waals surface area contributed by atoms with Crippen LogP contribution < -0.4 is 5.32 Å². The van der Waals surface area contributed by atoms with Crippen LogP contribution in [0.1, 0.15) is 50.9 Å². The number of halogens is 1. The molecule has 160 valence electrons. The average Bonchev–Trinajstić information content (AvgIpc) is 3.21. The van der Waals surface area contributed by atoms with Gasteiger partial charge in [-0.2, -0.15) is 0 Å². The van der Waals surface area contributed by atoms with Crippen molar-refractivity contribution in [3.63, 3.8) is 0 Å². The maximum absolute atomic E-state index is 4.91. The third-order valence-electron chi connectivity index (χ3n) is 5.73. The van der Waals surface area contributed by atoms with Crippen LogP contribution in [0.3, 0.4) is 0 Å². The largest absolute Gasteiger partial charge is 0.357 e. The molecule has 2 unspecified atom stereocenters. The molecule has 0 radical (unpaired) electrons. The van der Waals surface area contributed by atoms with E-state index in [1.807, 2.05) is 0 Å². The number of nitrogens with one attached hydrogen (secondary N) is 1. The fourth-order valence-corrected chi connectivity index (χ4v) is 4.21. The van der Waals surface area contributed by atoms with Gasteiger partial charge in [-0.15, -0.1) is 34.2 Å². The molecule has 1 aromatic heterocycles. The summed E-state index contributed by atoms with van der Waals surface area (Å²) in [5.41, 5.74) is 1.48. The number of benzene rings is 1. The van der Waals surface area contributed by atoms with E-state index < -0.39 is 0 Å². The van der Waals surface area contributed by atoms with Crippen LogP contribution in [0.15, 0.2) is 41.7 Å². The van der Waals surface area contributed by atoms with E-state index in [1.54, 1.807) is 6.33 Å². The molecule has 7 heteroatoms. The molecule has 0 bridgehead atoms. The van der Waals surface area contributed by atoms with Crippen molar-refractivity contribution >= 4 is 29.9 Å². The molecule has 0 saturated carbocycles. The van der Waals surface area contributed by atoms with Gasteiger partial charge in [0.2, 0.25) is 0 Å². The molecule has 0 aliphatic carbocycles. The topological polar surface area (TPSA) is 58.3 Å². The van der Waals surface area contributed by atoms with Gasteiger partial charge in [0.25, 0.3) is 0 Å². The van der Waals surface area contributed by atoms with Crippen molar-refractivity contribution in [1.82, 2.24) is 25.0 Å². The second kappa shape index (κ2) is 12.1. The molecule has 1 aliphatic heterocycles. The zero-order valence-electron chi connectivity index (χ0n) is 17.9. The molecule has 2 aromatic rings. The first kappa shape index (κ1) is 23.6. The molecule has 1 aliphatic rings. The van der Waals surface area contributed by atoms with Crippen molar-refractivity contribution in [3.05, 3.63) is 48.0 Å². The van der Waals surface area contributed by atoms with Gasteiger partial charge in [0.05, 0.1) is 6.54 Å². The summed E-state index contributed by atoms with van der Waals surface area (Å²) in [6, 6.07) is 11.0. The number of aromatic nitrogens is 3. The molecule has 0 spiro atoms. The van der Waals surface area contributed by atoms with Gasteiger partial charge in [-0.1, -0.05) is 50.6 Å². The molecule has 6 nitrogen and oxygen atoms in total. The summed E-state index contributed by atoms with van der Waals surface area (Å²) in [4.78, 5) is 7.36. The molecule has 1 saturated heterocycles. The first-order chi connectivity index (χ1) is 13.8. The van der Waals surface area contributed by atoms with Crippen LogP contribution in [0.2, 0.25) is 0 Å². The number of aliphatic imine (C=N–C) groups is 1. The lowest BCUT2D eigenvalue weighted by atomic mass is 9.79. The Balaban J connectivity index is 0.00000300. The Bertz CT molecular complexity index is 745. The number of aryl methyl sites for hydroxylation is 1. The summed E-state index contributed by atoms with van der Waals surface area (Å²) in [5, 5.41) is 11.7.